The number of hydrogen-bond donors (Lipinski definition) is 0. The van der Waals surface area contributed by atoms with Crippen molar-refractivity contribution in [3.8, 4) is 0 Å². The van der Waals surface area contributed by atoms with E-state index in [4.69, 9.17) is 0 Å². The molecule has 1 aliphatic rings. The molecular formula is C18H22N2O3S2. The van der Waals surface area contributed by atoms with Gasteiger partial charge in [-0.3, -0.25) is 9.69 Å². The van der Waals surface area contributed by atoms with E-state index in [1.54, 1.807) is 6.07 Å². The van der Waals surface area contributed by atoms with E-state index < -0.39 is 10.0 Å². The first kappa shape index (κ1) is 18.3. The van der Waals surface area contributed by atoms with Gasteiger partial charge >= 0.3 is 0 Å². The highest BCUT2D eigenvalue weighted by Gasteiger charge is 2.30. The van der Waals surface area contributed by atoms with Crippen LogP contribution < -0.4 is 0 Å². The monoisotopic (exact) mass is 378 g/mol. The zero-order valence-electron chi connectivity index (χ0n) is 14.4. The van der Waals surface area contributed by atoms with E-state index in [1.165, 1.54) is 15.6 Å². The third-order valence-corrected chi connectivity index (χ3v) is 7.41. The molecule has 0 unspecified atom stereocenters. The minimum atomic E-state index is -3.49. The van der Waals surface area contributed by atoms with E-state index in [0.29, 0.717) is 37.6 Å². The van der Waals surface area contributed by atoms with Gasteiger partial charge in [0.25, 0.3) is 0 Å². The smallest absolute Gasteiger partial charge is 0.243 e. The second-order valence-electron chi connectivity index (χ2n) is 6.35. The highest BCUT2D eigenvalue weighted by Crippen LogP contribution is 2.22. The summed E-state index contributed by atoms with van der Waals surface area (Å²) in [6.45, 7) is 6.02. The Hall–Kier alpha value is -1.54. The molecule has 0 amide bonds. The molecular weight excluding hydrogens is 356 g/mol. The number of carbonyl (C=O) groups is 1. The molecule has 2 aromatic rings. The summed E-state index contributed by atoms with van der Waals surface area (Å²) in [5.74, 6) is 0.0980. The summed E-state index contributed by atoms with van der Waals surface area (Å²) in [5, 5.41) is 1.89. The van der Waals surface area contributed by atoms with E-state index in [2.05, 4.69) is 0 Å². The Balaban J connectivity index is 1.65. The van der Waals surface area contributed by atoms with Crippen LogP contribution in [0.1, 0.15) is 20.8 Å². The minimum Gasteiger partial charge on any atom is -0.293 e. The van der Waals surface area contributed by atoms with Gasteiger partial charge in [-0.1, -0.05) is 18.2 Å². The lowest BCUT2D eigenvalue weighted by atomic mass is 10.2. The van der Waals surface area contributed by atoms with Crippen LogP contribution in [0.15, 0.2) is 40.6 Å². The molecule has 2 heterocycles. The first-order valence-electron chi connectivity index (χ1n) is 8.24. The molecule has 1 fully saturated rings. The number of piperazine rings is 1. The molecule has 0 atom stereocenters. The lowest BCUT2D eigenvalue weighted by Crippen LogP contribution is -2.49. The molecule has 0 spiro atoms. The van der Waals surface area contributed by atoms with Gasteiger partial charge in [-0.05, 0) is 42.5 Å². The van der Waals surface area contributed by atoms with Gasteiger partial charge in [0.05, 0.1) is 16.3 Å². The van der Waals surface area contributed by atoms with Gasteiger partial charge in [-0.2, -0.15) is 4.31 Å². The second-order valence-corrected chi connectivity index (χ2v) is 9.20. The summed E-state index contributed by atoms with van der Waals surface area (Å²) in [6.07, 6.45) is 0. The Kier molecular flexibility index (Phi) is 5.38. The maximum absolute atomic E-state index is 12.9. The average molecular weight is 379 g/mol. The zero-order chi connectivity index (χ0) is 18.0. The number of rotatable bonds is 5. The lowest BCUT2D eigenvalue weighted by molar-refractivity contribution is 0.0905. The highest BCUT2D eigenvalue weighted by atomic mass is 32.2. The number of carbonyl (C=O) groups excluding carboxylic acids is 1. The topological polar surface area (TPSA) is 57.7 Å². The van der Waals surface area contributed by atoms with E-state index in [1.807, 2.05) is 48.4 Å². The van der Waals surface area contributed by atoms with Gasteiger partial charge in [-0.25, -0.2) is 8.42 Å². The molecule has 5 nitrogen and oxygen atoms in total. The largest absolute Gasteiger partial charge is 0.293 e. The fourth-order valence-corrected chi connectivity index (χ4v) is 5.36. The summed E-state index contributed by atoms with van der Waals surface area (Å²) in [7, 11) is -3.49. The first-order chi connectivity index (χ1) is 11.9. The predicted molar refractivity (Wildman–Crippen MR) is 99.8 cm³/mol. The second kappa shape index (κ2) is 7.37. The van der Waals surface area contributed by atoms with Crippen LogP contribution in [0.2, 0.25) is 0 Å². The van der Waals surface area contributed by atoms with Crippen molar-refractivity contribution in [1.82, 2.24) is 9.21 Å². The number of hydrogen-bond acceptors (Lipinski definition) is 5. The van der Waals surface area contributed by atoms with E-state index in [9.17, 15) is 13.2 Å². The fraction of sp³-hybridized carbons (Fsp3) is 0.389. The third kappa shape index (κ3) is 4.00. The van der Waals surface area contributed by atoms with Crippen LogP contribution in [0.25, 0.3) is 0 Å². The molecule has 0 radical (unpaired) electrons. The van der Waals surface area contributed by atoms with Crippen molar-refractivity contribution in [3.63, 3.8) is 0 Å². The van der Waals surface area contributed by atoms with Crippen LogP contribution in [0.5, 0.6) is 0 Å². The molecule has 7 heteroatoms. The van der Waals surface area contributed by atoms with Crippen LogP contribution in [-0.2, 0) is 10.0 Å². The van der Waals surface area contributed by atoms with Crippen molar-refractivity contribution >= 4 is 27.1 Å². The molecule has 25 heavy (non-hydrogen) atoms. The third-order valence-electron chi connectivity index (χ3n) is 4.46. The minimum absolute atomic E-state index is 0.0980. The van der Waals surface area contributed by atoms with Crippen molar-refractivity contribution in [2.75, 3.05) is 32.7 Å². The average Bonchev–Trinajstić information content (AvgIpc) is 3.12. The number of aryl methyl sites for hydroxylation is 2. The summed E-state index contributed by atoms with van der Waals surface area (Å²) < 4.78 is 27.4. The number of benzene rings is 1. The number of ketones is 1. The molecule has 1 aromatic heterocycles. The Bertz CT molecular complexity index is 852. The fourth-order valence-electron chi connectivity index (χ4n) is 2.97. The van der Waals surface area contributed by atoms with Crippen molar-refractivity contribution < 1.29 is 13.2 Å². The maximum atomic E-state index is 12.9. The normalized spacial score (nSPS) is 16.9. The van der Waals surface area contributed by atoms with Gasteiger partial charge in [0, 0.05) is 26.2 Å². The Morgan fingerprint density at radius 3 is 2.48 bits per heavy atom. The van der Waals surface area contributed by atoms with Crippen molar-refractivity contribution in [2.24, 2.45) is 0 Å². The molecule has 0 saturated carbocycles. The number of nitrogens with zero attached hydrogens (tertiary/aromatic N) is 2. The molecule has 1 saturated heterocycles. The number of Topliss-reactive ketones (excluding diaryl/α,β-unsaturated/α-hetero) is 1. The molecule has 134 valence electrons. The molecule has 1 aromatic carbocycles. The summed E-state index contributed by atoms with van der Waals surface area (Å²) in [6, 6.07) is 9.19. The zero-order valence-corrected chi connectivity index (χ0v) is 16.1. The number of sulfonamides is 1. The van der Waals surface area contributed by atoms with Crippen LogP contribution in [0, 0.1) is 13.8 Å². The molecule has 0 N–H and O–H groups in total. The lowest BCUT2D eigenvalue weighted by Gasteiger charge is -2.33. The van der Waals surface area contributed by atoms with Crippen molar-refractivity contribution in [3.05, 3.63) is 51.7 Å². The van der Waals surface area contributed by atoms with Gasteiger partial charge < -0.3 is 0 Å². The van der Waals surface area contributed by atoms with Crippen LogP contribution in [0.3, 0.4) is 0 Å². The van der Waals surface area contributed by atoms with Crippen molar-refractivity contribution in [2.45, 2.75) is 18.7 Å². The van der Waals surface area contributed by atoms with Crippen molar-refractivity contribution in [1.29, 1.82) is 0 Å². The molecule has 0 aliphatic carbocycles. The molecule has 3 rings (SSSR count). The summed E-state index contributed by atoms with van der Waals surface area (Å²) in [4.78, 5) is 15.4. The van der Waals surface area contributed by atoms with Gasteiger partial charge in [0.1, 0.15) is 0 Å². The quantitative estimate of drug-likeness (QED) is 0.751. The van der Waals surface area contributed by atoms with E-state index >= 15 is 0 Å². The summed E-state index contributed by atoms with van der Waals surface area (Å²) in [5.41, 5.74) is 1.70. The number of thiophene rings is 1. The Labute approximate surface area is 152 Å². The van der Waals surface area contributed by atoms with Gasteiger partial charge in [-0.15, -0.1) is 11.3 Å². The van der Waals surface area contributed by atoms with Gasteiger partial charge in [0.15, 0.2) is 5.78 Å². The standard InChI is InChI=1S/C18H22N2O3S2/c1-14-5-6-15(2)18(12-14)25(22,23)20-9-7-19(8-10-20)13-16(21)17-4-3-11-24-17/h3-6,11-12H,7-10,13H2,1-2H3. The first-order valence-corrected chi connectivity index (χ1v) is 10.6. The summed E-state index contributed by atoms with van der Waals surface area (Å²) >= 11 is 1.44. The Morgan fingerprint density at radius 2 is 1.84 bits per heavy atom. The van der Waals surface area contributed by atoms with Gasteiger partial charge in [0.2, 0.25) is 10.0 Å². The molecule has 0 bridgehead atoms. The highest BCUT2D eigenvalue weighted by molar-refractivity contribution is 7.89. The van der Waals surface area contributed by atoms with Crippen LogP contribution >= 0.6 is 11.3 Å². The van der Waals surface area contributed by atoms with E-state index in [-0.39, 0.29) is 5.78 Å². The Morgan fingerprint density at radius 1 is 1.12 bits per heavy atom. The van der Waals surface area contributed by atoms with E-state index in [0.717, 1.165) is 16.0 Å². The van der Waals surface area contributed by atoms with Crippen LogP contribution in [0.4, 0.5) is 0 Å². The SMILES string of the molecule is Cc1ccc(C)c(S(=O)(=O)N2CCN(CC(=O)c3cccs3)CC2)c1. The molecule has 1 aliphatic heterocycles. The van der Waals surface area contributed by atoms with Crippen LogP contribution in [-0.4, -0.2) is 56.1 Å². The predicted octanol–water partition coefficient (Wildman–Crippen LogP) is 2.55. The maximum Gasteiger partial charge on any atom is 0.243 e.